The lowest BCUT2D eigenvalue weighted by atomic mass is 10.1. The number of amides is 1. The number of hydrogen-bond acceptors (Lipinski definition) is 4. The Labute approximate surface area is 109 Å². The molecule has 0 saturated carbocycles. The van der Waals surface area contributed by atoms with E-state index in [0.717, 1.165) is 58.7 Å². The minimum atomic E-state index is 0.271. The van der Waals surface area contributed by atoms with Gasteiger partial charge in [0.25, 0.3) is 0 Å². The van der Waals surface area contributed by atoms with Crippen molar-refractivity contribution in [2.75, 3.05) is 53.0 Å². The lowest BCUT2D eigenvalue weighted by Gasteiger charge is -2.32. The zero-order valence-corrected chi connectivity index (χ0v) is 11.4. The minimum absolute atomic E-state index is 0.271. The summed E-state index contributed by atoms with van der Waals surface area (Å²) in [4.78, 5) is 16.4. The van der Waals surface area contributed by atoms with Crippen LogP contribution in [-0.2, 0) is 9.53 Å². The van der Waals surface area contributed by atoms with Crippen molar-refractivity contribution in [1.29, 1.82) is 0 Å². The molecule has 0 spiro atoms. The molecule has 0 bridgehead atoms. The van der Waals surface area contributed by atoms with Crippen molar-refractivity contribution in [2.24, 2.45) is 0 Å². The van der Waals surface area contributed by atoms with Crippen LogP contribution in [0.4, 0.5) is 0 Å². The number of carbonyl (C=O) groups is 1. The van der Waals surface area contributed by atoms with E-state index in [-0.39, 0.29) is 5.91 Å². The first kappa shape index (κ1) is 13.8. The van der Waals surface area contributed by atoms with Crippen LogP contribution in [0.2, 0.25) is 0 Å². The molecule has 2 fully saturated rings. The SMILES string of the molecule is CN(CC(=O)N1CCCNCC1)C1CCOCC1. The third kappa shape index (κ3) is 3.93. The van der Waals surface area contributed by atoms with Crippen molar-refractivity contribution < 1.29 is 9.53 Å². The van der Waals surface area contributed by atoms with Crippen molar-refractivity contribution in [1.82, 2.24) is 15.1 Å². The van der Waals surface area contributed by atoms with Crippen molar-refractivity contribution in [2.45, 2.75) is 25.3 Å². The number of carbonyl (C=O) groups excluding carboxylic acids is 1. The van der Waals surface area contributed by atoms with Crippen molar-refractivity contribution >= 4 is 5.91 Å². The molecule has 5 nitrogen and oxygen atoms in total. The van der Waals surface area contributed by atoms with Gasteiger partial charge in [-0.25, -0.2) is 0 Å². The molecular formula is C13H25N3O2. The summed E-state index contributed by atoms with van der Waals surface area (Å²) in [6.45, 7) is 5.90. The van der Waals surface area contributed by atoms with Crippen LogP contribution in [0, 0.1) is 0 Å². The number of nitrogens with one attached hydrogen (secondary N) is 1. The molecule has 0 aromatic rings. The molecule has 5 heteroatoms. The summed E-state index contributed by atoms with van der Waals surface area (Å²) in [6.07, 6.45) is 3.16. The van der Waals surface area contributed by atoms with E-state index in [0.29, 0.717) is 12.6 Å². The maximum absolute atomic E-state index is 12.2. The normalized spacial score (nSPS) is 23.1. The third-order valence-electron chi connectivity index (χ3n) is 3.89. The predicted octanol–water partition coefficient (Wildman–Crippen LogP) is -0.0809. The molecule has 0 aromatic carbocycles. The van der Waals surface area contributed by atoms with Crippen molar-refractivity contribution in [3.63, 3.8) is 0 Å². The van der Waals surface area contributed by atoms with Crippen LogP contribution < -0.4 is 5.32 Å². The van der Waals surface area contributed by atoms with Gasteiger partial charge in [-0.2, -0.15) is 0 Å². The number of hydrogen-bond donors (Lipinski definition) is 1. The van der Waals surface area contributed by atoms with Gasteiger partial charge in [-0.1, -0.05) is 0 Å². The van der Waals surface area contributed by atoms with Gasteiger partial charge in [0.2, 0.25) is 5.91 Å². The molecule has 18 heavy (non-hydrogen) atoms. The van der Waals surface area contributed by atoms with Crippen molar-refractivity contribution in [3.05, 3.63) is 0 Å². The van der Waals surface area contributed by atoms with Gasteiger partial charge in [0.1, 0.15) is 0 Å². The van der Waals surface area contributed by atoms with E-state index >= 15 is 0 Å². The first-order valence-electron chi connectivity index (χ1n) is 7.04. The molecule has 0 atom stereocenters. The Kier molecular flexibility index (Phi) is 5.41. The number of nitrogens with zero attached hydrogens (tertiary/aromatic N) is 2. The third-order valence-corrected chi connectivity index (χ3v) is 3.89. The molecule has 1 amide bonds. The van der Waals surface area contributed by atoms with Crippen molar-refractivity contribution in [3.8, 4) is 0 Å². The lowest BCUT2D eigenvalue weighted by Crippen LogP contribution is -2.45. The second-order valence-electron chi connectivity index (χ2n) is 5.24. The Balaban J connectivity index is 1.77. The van der Waals surface area contributed by atoms with E-state index in [4.69, 9.17) is 4.74 Å². The lowest BCUT2D eigenvalue weighted by molar-refractivity contribution is -0.132. The van der Waals surface area contributed by atoms with Gasteiger partial charge in [-0.05, 0) is 32.9 Å². The molecule has 0 radical (unpaired) electrons. The van der Waals surface area contributed by atoms with E-state index in [2.05, 4.69) is 17.3 Å². The van der Waals surface area contributed by atoms with E-state index in [1.807, 2.05) is 4.90 Å². The van der Waals surface area contributed by atoms with Gasteiger partial charge in [-0.15, -0.1) is 0 Å². The first-order chi connectivity index (χ1) is 8.77. The minimum Gasteiger partial charge on any atom is -0.381 e. The summed E-state index contributed by atoms with van der Waals surface area (Å²) < 4.78 is 5.36. The molecule has 1 N–H and O–H groups in total. The largest absolute Gasteiger partial charge is 0.381 e. The van der Waals surface area contributed by atoms with Crippen LogP contribution >= 0.6 is 0 Å². The van der Waals surface area contributed by atoms with E-state index in [9.17, 15) is 4.79 Å². The van der Waals surface area contributed by atoms with Crippen LogP contribution in [0.1, 0.15) is 19.3 Å². The standard InChI is InChI=1S/C13H25N3O2/c1-15(12-3-9-18-10-4-12)11-13(17)16-7-2-5-14-6-8-16/h12,14H,2-11H2,1H3. The van der Waals surface area contributed by atoms with Gasteiger partial charge in [0.15, 0.2) is 0 Å². The van der Waals surface area contributed by atoms with Crippen LogP contribution in [0.15, 0.2) is 0 Å². The fourth-order valence-electron chi connectivity index (χ4n) is 2.66. The maximum Gasteiger partial charge on any atom is 0.236 e. The summed E-state index contributed by atoms with van der Waals surface area (Å²) in [5, 5.41) is 3.32. The predicted molar refractivity (Wildman–Crippen MR) is 70.5 cm³/mol. The highest BCUT2D eigenvalue weighted by Gasteiger charge is 2.22. The highest BCUT2D eigenvalue weighted by molar-refractivity contribution is 5.78. The monoisotopic (exact) mass is 255 g/mol. The van der Waals surface area contributed by atoms with E-state index < -0.39 is 0 Å². The second kappa shape index (κ2) is 7.07. The smallest absolute Gasteiger partial charge is 0.236 e. The second-order valence-corrected chi connectivity index (χ2v) is 5.24. The number of likely N-dealkylation sites (N-methyl/N-ethyl adjacent to an activating group) is 1. The Morgan fingerprint density at radius 1 is 1.33 bits per heavy atom. The molecular weight excluding hydrogens is 230 g/mol. The average Bonchev–Trinajstić information content (AvgIpc) is 2.68. The van der Waals surface area contributed by atoms with E-state index in [1.54, 1.807) is 0 Å². The van der Waals surface area contributed by atoms with Crippen LogP contribution in [0.25, 0.3) is 0 Å². The Morgan fingerprint density at radius 3 is 2.89 bits per heavy atom. The summed E-state index contributed by atoms with van der Waals surface area (Å²) in [5.41, 5.74) is 0. The molecule has 2 heterocycles. The summed E-state index contributed by atoms with van der Waals surface area (Å²) >= 11 is 0. The maximum atomic E-state index is 12.2. The first-order valence-corrected chi connectivity index (χ1v) is 7.04. The van der Waals surface area contributed by atoms with Crippen LogP contribution in [-0.4, -0.2) is 74.7 Å². The molecule has 2 aliphatic heterocycles. The van der Waals surface area contributed by atoms with Gasteiger partial charge >= 0.3 is 0 Å². The van der Waals surface area contributed by atoms with Crippen LogP contribution in [0.5, 0.6) is 0 Å². The van der Waals surface area contributed by atoms with Gasteiger partial charge in [-0.3, -0.25) is 9.69 Å². The van der Waals surface area contributed by atoms with E-state index in [1.165, 1.54) is 0 Å². The highest BCUT2D eigenvalue weighted by Crippen LogP contribution is 2.12. The van der Waals surface area contributed by atoms with Crippen LogP contribution in [0.3, 0.4) is 0 Å². The average molecular weight is 255 g/mol. The molecule has 2 saturated heterocycles. The molecule has 2 rings (SSSR count). The van der Waals surface area contributed by atoms with Gasteiger partial charge in [0, 0.05) is 38.9 Å². The Bertz CT molecular complexity index is 259. The van der Waals surface area contributed by atoms with Gasteiger partial charge < -0.3 is 15.0 Å². The topological polar surface area (TPSA) is 44.8 Å². The zero-order chi connectivity index (χ0) is 12.8. The fraction of sp³-hybridized carbons (Fsp3) is 0.923. The summed E-state index contributed by atoms with van der Waals surface area (Å²) in [6, 6.07) is 0.507. The quantitative estimate of drug-likeness (QED) is 0.766. The number of ether oxygens (including phenoxy) is 1. The molecule has 2 aliphatic rings. The molecule has 104 valence electrons. The fourth-order valence-corrected chi connectivity index (χ4v) is 2.66. The zero-order valence-electron chi connectivity index (χ0n) is 11.4. The number of rotatable bonds is 3. The molecule has 0 unspecified atom stereocenters. The summed E-state index contributed by atoms with van der Waals surface area (Å²) in [7, 11) is 2.06. The Morgan fingerprint density at radius 2 is 2.11 bits per heavy atom. The Hall–Kier alpha value is -0.650. The highest BCUT2D eigenvalue weighted by atomic mass is 16.5. The molecule has 0 aromatic heterocycles. The van der Waals surface area contributed by atoms with Gasteiger partial charge in [0.05, 0.1) is 6.54 Å². The summed E-state index contributed by atoms with van der Waals surface area (Å²) in [5.74, 6) is 0.271. The molecule has 0 aliphatic carbocycles.